The van der Waals surface area contributed by atoms with Gasteiger partial charge < -0.3 is 15.1 Å². The molecule has 1 aliphatic carbocycles. The molecule has 2 N–H and O–H groups in total. The van der Waals surface area contributed by atoms with E-state index >= 15 is 0 Å². The number of anilines is 1. The summed E-state index contributed by atoms with van der Waals surface area (Å²) in [5.41, 5.74) is 2.32. The molecule has 0 spiro atoms. The molecular formula is C25H29FN8. The van der Waals surface area contributed by atoms with E-state index in [9.17, 15) is 4.39 Å². The van der Waals surface area contributed by atoms with Gasteiger partial charge in [-0.3, -0.25) is 9.88 Å². The lowest BCUT2D eigenvalue weighted by atomic mass is 9.93. The number of halogens is 1. The van der Waals surface area contributed by atoms with Gasteiger partial charge in [0.1, 0.15) is 17.5 Å². The first-order valence-electron chi connectivity index (χ1n) is 12.0. The van der Waals surface area contributed by atoms with Crippen molar-refractivity contribution in [2.75, 3.05) is 38.1 Å². The highest BCUT2D eigenvalue weighted by atomic mass is 19.1. The molecule has 1 saturated carbocycles. The van der Waals surface area contributed by atoms with Gasteiger partial charge in [-0.2, -0.15) is 0 Å². The average Bonchev–Trinajstić information content (AvgIpc) is 3.22. The maximum Gasteiger partial charge on any atom is 0.274 e. The van der Waals surface area contributed by atoms with Gasteiger partial charge in [0.15, 0.2) is 5.65 Å². The van der Waals surface area contributed by atoms with Crippen LogP contribution in [0.2, 0.25) is 0 Å². The zero-order chi connectivity index (χ0) is 23.1. The number of piperazine rings is 1. The minimum atomic E-state index is -0.935. The first-order valence-corrected chi connectivity index (χ1v) is 12.0. The van der Waals surface area contributed by atoms with Gasteiger partial charge in [0.25, 0.3) is 5.91 Å². The molecule has 3 aromatic rings. The molecule has 4 heterocycles. The number of fused-ring (bicyclic) bond motifs is 1. The summed E-state index contributed by atoms with van der Waals surface area (Å²) in [5, 5.41) is 7.16. The first-order chi connectivity index (χ1) is 16.6. The fourth-order valence-electron chi connectivity index (χ4n) is 4.78. The van der Waals surface area contributed by atoms with Crippen molar-refractivity contribution < 1.29 is 4.39 Å². The average molecular weight is 461 g/mol. The summed E-state index contributed by atoms with van der Waals surface area (Å²) < 4.78 is 15.8. The van der Waals surface area contributed by atoms with Gasteiger partial charge in [-0.25, -0.2) is 19.4 Å². The normalized spacial score (nSPS) is 23.3. The smallest absolute Gasteiger partial charge is 0.274 e. The van der Waals surface area contributed by atoms with E-state index < -0.39 is 5.91 Å². The summed E-state index contributed by atoms with van der Waals surface area (Å²) in [7, 11) is 2.14. The van der Waals surface area contributed by atoms with E-state index in [0.717, 1.165) is 55.9 Å². The summed E-state index contributed by atoms with van der Waals surface area (Å²) in [6.45, 7) is 3.89. The SMILES string of the molecule is CN1CCN(c2ccc3c(n2)nc(-c2ccc(F)cc2)n3C2(NC3CCC3)N=CC=CN2)CC1. The van der Waals surface area contributed by atoms with E-state index in [-0.39, 0.29) is 5.82 Å². The summed E-state index contributed by atoms with van der Waals surface area (Å²) in [6.07, 6.45) is 8.99. The fourth-order valence-corrected chi connectivity index (χ4v) is 4.78. The standard InChI is InChI=1S/C25H29FN8/c1-32-14-16-33(17-15-32)22-11-10-21-23(29-22)30-24(18-6-8-19(26)9-7-18)34(21)25(27-12-3-13-28-25)31-20-4-2-5-20/h3,6-13,20,27,31H,2,4-5,14-17H2,1H3. The lowest BCUT2D eigenvalue weighted by Crippen LogP contribution is -2.60. The van der Waals surface area contributed by atoms with Crippen LogP contribution in [0.1, 0.15) is 19.3 Å². The van der Waals surface area contributed by atoms with Gasteiger partial charge in [-0.1, -0.05) is 6.42 Å². The van der Waals surface area contributed by atoms with Crippen molar-refractivity contribution in [2.45, 2.75) is 31.2 Å². The van der Waals surface area contributed by atoms with Gasteiger partial charge in [0, 0.05) is 50.2 Å². The Labute approximate surface area is 198 Å². The molecule has 176 valence electrons. The van der Waals surface area contributed by atoms with Crippen molar-refractivity contribution in [1.29, 1.82) is 0 Å². The molecule has 2 aliphatic heterocycles. The third kappa shape index (κ3) is 3.74. The maximum atomic E-state index is 13.7. The number of nitrogens with zero attached hydrogens (tertiary/aromatic N) is 6. The first kappa shape index (κ1) is 21.2. The summed E-state index contributed by atoms with van der Waals surface area (Å²) in [6, 6.07) is 10.9. The van der Waals surface area contributed by atoms with Crippen molar-refractivity contribution in [3.63, 3.8) is 0 Å². The van der Waals surface area contributed by atoms with E-state index in [2.05, 4.69) is 44.2 Å². The highest BCUT2D eigenvalue weighted by molar-refractivity contribution is 5.80. The Kier molecular flexibility index (Phi) is 5.30. The Morgan fingerprint density at radius 1 is 1.03 bits per heavy atom. The fraction of sp³-hybridized carbons (Fsp3) is 0.400. The molecule has 9 heteroatoms. The minimum Gasteiger partial charge on any atom is -0.354 e. The van der Waals surface area contributed by atoms with E-state index in [1.807, 2.05) is 12.3 Å². The van der Waals surface area contributed by atoms with Crippen LogP contribution in [0.15, 0.2) is 53.7 Å². The maximum absolute atomic E-state index is 13.7. The molecule has 1 unspecified atom stereocenters. The van der Waals surface area contributed by atoms with Gasteiger partial charge in [0.05, 0.1) is 5.52 Å². The van der Waals surface area contributed by atoms with Crippen LogP contribution < -0.4 is 15.5 Å². The third-order valence-electron chi connectivity index (χ3n) is 7.00. The van der Waals surface area contributed by atoms with Crippen LogP contribution in [0, 0.1) is 5.82 Å². The number of allylic oxidation sites excluding steroid dienone is 1. The molecular weight excluding hydrogens is 431 g/mol. The molecule has 0 bridgehead atoms. The number of imidazole rings is 1. The van der Waals surface area contributed by atoms with Crippen LogP contribution in [0.3, 0.4) is 0 Å². The summed E-state index contributed by atoms with van der Waals surface area (Å²) >= 11 is 0. The Bertz CT molecular complexity index is 1240. The Balaban J connectivity index is 1.50. The molecule has 34 heavy (non-hydrogen) atoms. The van der Waals surface area contributed by atoms with Crippen LogP contribution >= 0.6 is 0 Å². The van der Waals surface area contributed by atoms with Crippen molar-refractivity contribution >= 4 is 23.2 Å². The summed E-state index contributed by atoms with van der Waals surface area (Å²) in [4.78, 5) is 19.4. The zero-order valence-corrected chi connectivity index (χ0v) is 19.3. The quantitative estimate of drug-likeness (QED) is 0.610. The van der Waals surface area contributed by atoms with Crippen molar-refractivity contribution in [3.8, 4) is 11.4 Å². The monoisotopic (exact) mass is 460 g/mol. The molecule has 1 aromatic carbocycles. The van der Waals surface area contributed by atoms with Crippen LogP contribution in [-0.4, -0.2) is 64.9 Å². The van der Waals surface area contributed by atoms with Crippen molar-refractivity contribution in [2.24, 2.45) is 4.99 Å². The lowest BCUT2D eigenvalue weighted by molar-refractivity contribution is 0.140. The molecule has 1 saturated heterocycles. The number of nitrogens with one attached hydrogen (secondary N) is 2. The minimum absolute atomic E-state index is 0.277. The molecule has 8 nitrogen and oxygen atoms in total. The Morgan fingerprint density at radius 2 is 1.82 bits per heavy atom. The largest absolute Gasteiger partial charge is 0.354 e. The van der Waals surface area contributed by atoms with E-state index in [1.54, 1.807) is 18.3 Å². The number of pyridine rings is 1. The van der Waals surface area contributed by atoms with Gasteiger partial charge in [-0.05, 0) is 62.4 Å². The predicted octanol–water partition coefficient (Wildman–Crippen LogP) is 2.89. The van der Waals surface area contributed by atoms with Crippen molar-refractivity contribution in [3.05, 3.63) is 54.5 Å². The molecule has 2 aromatic heterocycles. The third-order valence-corrected chi connectivity index (χ3v) is 7.00. The van der Waals surface area contributed by atoms with Gasteiger partial charge >= 0.3 is 0 Å². The van der Waals surface area contributed by atoms with Gasteiger partial charge in [0.2, 0.25) is 0 Å². The molecule has 0 radical (unpaired) electrons. The highest BCUT2D eigenvalue weighted by Gasteiger charge is 2.39. The number of aromatic nitrogens is 3. The molecule has 1 atom stereocenters. The molecule has 0 amide bonds. The second kappa shape index (κ2) is 8.48. The number of benzene rings is 1. The van der Waals surface area contributed by atoms with Crippen LogP contribution in [0.25, 0.3) is 22.6 Å². The Morgan fingerprint density at radius 3 is 2.50 bits per heavy atom. The molecule has 3 aliphatic rings. The van der Waals surface area contributed by atoms with Crippen LogP contribution in [0.5, 0.6) is 0 Å². The van der Waals surface area contributed by atoms with Crippen molar-refractivity contribution in [1.82, 2.24) is 30.1 Å². The number of likely N-dealkylation sites (N-methyl/N-ethyl adjacent to an activating group) is 1. The number of aliphatic imine (C=N–C) groups is 1. The Hall–Kier alpha value is -3.30. The second-order valence-electron chi connectivity index (χ2n) is 9.31. The number of hydrogen-bond acceptors (Lipinski definition) is 7. The van der Waals surface area contributed by atoms with Crippen LogP contribution in [0.4, 0.5) is 10.2 Å². The number of hydrogen-bond donors (Lipinski definition) is 2. The zero-order valence-electron chi connectivity index (χ0n) is 19.3. The molecule has 6 rings (SSSR count). The predicted molar refractivity (Wildman–Crippen MR) is 132 cm³/mol. The van der Waals surface area contributed by atoms with E-state index in [0.29, 0.717) is 17.5 Å². The second-order valence-corrected chi connectivity index (χ2v) is 9.31. The van der Waals surface area contributed by atoms with E-state index in [1.165, 1.54) is 18.6 Å². The van der Waals surface area contributed by atoms with E-state index in [4.69, 9.17) is 15.0 Å². The van der Waals surface area contributed by atoms with Crippen LogP contribution in [-0.2, 0) is 5.91 Å². The summed E-state index contributed by atoms with van der Waals surface area (Å²) in [5.74, 6) is 0.401. The number of rotatable bonds is 5. The highest BCUT2D eigenvalue weighted by Crippen LogP contribution is 2.33. The molecule has 2 fully saturated rings. The topological polar surface area (TPSA) is 73.6 Å². The lowest BCUT2D eigenvalue weighted by Gasteiger charge is -2.41. The van der Waals surface area contributed by atoms with Gasteiger partial charge in [-0.15, -0.1) is 0 Å².